The number of hydrogen-bond donors (Lipinski definition) is 1. The van der Waals surface area contributed by atoms with Gasteiger partial charge in [0.05, 0.1) is 0 Å². The first kappa shape index (κ1) is 8.53. The second kappa shape index (κ2) is 3.22. The molecule has 1 fully saturated rings. The minimum Gasteiger partial charge on any atom is -0.263 e. The Morgan fingerprint density at radius 3 is 2.55 bits per heavy atom. The number of aryl methyl sites for hydroxylation is 1. The molecule has 0 aromatic carbocycles. The molecule has 0 saturated heterocycles. The van der Waals surface area contributed by atoms with Crippen molar-refractivity contribution < 1.29 is 0 Å². The molecule has 0 atom stereocenters. The number of halogens is 1. The summed E-state index contributed by atoms with van der Waals surface area (Å²) in [6.07, 6.45) is 3.90. The number of H-pyrrole nitrogens is 1. The maximum absolute atomic E-state index is 4.27. The molecule has 1 aromatic rings. The van der Waals surface area contributed by atoms with Crippen molar-refractivity contribution in [3.63, 3.8) is 0 Å². The number of aromatic nitrogens is 3. The van der Waals surface area contributed by atoms with Crippen LogP contribution in [0.15, 0.2) is 0 Å². The summed E-state index contributed by atoms with van der Waals surface area (Å²) >= 11 is 0. The summed E-state index contributed by atoms with van der Waals surface area (Å²) in [7, 11) is 0. The van der Waals surface area contributed by atoms with E-state index in [1.807, 2.05) is 6.92 Å². The largest absolute Gasteiger partial charge is 0.263 e. The minimum absolute atomic E-state index is 0. The Hall–Kier alpha value is -0.570. The average molecular weight is 174 g/mol. The molecular weight excluding hydrogens is 162 g/mol. The molecule has 0 spiro atoms. The monoisotopic (exact) mass is 173 g/mol. The Kier molecular flexibility index (Phi) is 2.49. The van der Waals surface area contributed by atoms with Gasteiger partial charge in [-0.2, -0.15) is 5.10 Å². The summed E-state index contributed by atoms with van der Waals surface area (Å²) in [6, 6.07) is 0. The van der Waals surface area contributed by atoms with Crippen LogP contribution in [0.1, 0.15) is 36.8 Å². The molecule has 4 heteroatoms. The lowest BCUT2D eigenvalue weighted by Gasteiger charge is -2.21. The lowest BCUT2D eigenvalue weighted by atomic mass is 9.85. The molecule has 1 heterocycles. The Labute approximate surface area is 72.0 Å². The first-order chi connectivity index (χ1) is 4.86. The summed E-state index contributed by atoms with van der Waals surface area (Å²) in [5, 5.41) is 6.96. The zero-order valence-corrected chi connectivity index (χ0v) is 7.32. The SMILES string of the molecule is Cc1nc(C2CCC2)n[nH]1.Cl. The highest BCUT2D eigenvalue weighted by Crippen LogP contribution is 2.33. The van der Waals surface area contributed by atoms with Gasteiger partial charge in [-0.15, -0.1) is 12.4 Å². The van der Waals surface area contributed by atoms with Gasteiger partial charge in [-0.05, 0) is 19.8 Å². The highest BCUT2D eigenvalue weighted by atomic mass is 35.5. The zero-order valence-electron chi connectivity index (χ0n) is 6.50. The van der Waals surface area contributed by atoms with Crippen molar-refractivity contribution in [3.8, 4) is 0 Å². The molecule has 1 saturated carbocycles. The van der Waals surface area contributed by atoms with Gasteiger partial charge in [0.15, 0.2) is 5.82 Å². The Morgan fingerprint density at radius 1 is 1.45 bits per heavy atom. The maximum atomic E-state index is 4.27. The second-order valence-corrected chi connectivity index (χ2v) is 2.91. The first-order valence-corrected chi connectivity index (χ1v) is 3.75. The van der Waals surface area contributed by atoms with Gasteiger partial charge in [0.2, 0.25) is 0 Å². The summed E-state index contributed by atoms with van der Waals surface area (Å²) < 4.78 is 0. The van der Waals surface area contributed by atoms with Crippen molar-refractivity contribution in [2.45, 2.75) is 32.1 Å². The van der Waals surface area contributed by atoms with E-state index in [1.54, 1.807) is 0 Å². The smallest absolute Gasteiger partial charge is 0.153 e. The molecule has 2 rings (SSSR count). The van der Waals surface area contributed by atoms with Crippen molar-refractivity contribution >= 4 is 12.4 Å². The predicted molar refractivity (Wildman–Crippen MR) is 45.0 cm³/mol. The van der Waals surface area contributed by atoms with Gasteiger partial charge in [-0.1, -0.05) is 6.42 Å². The molecule has 1 N–H and O–H groups in total. The van der Waals surface area contributed by atoms with E-state index in [4.69, 9.17) is 0 Å². The van der Waals surface area contributed by atoms with Crippen LogP contribution in [0.4, 0.5) is 0 Å². The topological polar surface area (TPSA) is 41.6 Å². The van der Waals surface area contributed by atoms with E-state index in [1.165, 1.54) is 19.3 Å². The van der Waals surface area contributed by atoms with Crippen LogP contribution in [0, 0.1) is 6.92 Å². The van der Waals surface area contributed by atoms with Gasteiger partial charge in [0.1, 0.15) is 5.82 Å². The number of aromatic amines is 1. The summed E-state index contributed by atoms with van der Waals surface area (Å²) in [4.78, 5) is 4.27. The van der Waals surface area contributed by atoms with E-state index < -0.39 is 0 Å². The third kappa shape index (κ3) is 1.53. The normalized spacial score (nSPS) is 17.2. The van der Waals surface area contributed by atoms with Gasteiger partial charge < -0.3 is 0 Å². The second-order valence-electron chi connectivity index (χ2n) is 2.91. The van der Waals surface area contributed by atoms with E-state index in [9.17, 15) is 0 Å². The summed E-state index contributed by atoms with van der Waals surface area (Å²) in [6.45, 7) is 1.94. The Bertz CT molecular complexity index is 229. The van der Waals surface area contributed by atoms with Crippen LogP contribution in [0.2, 0.25) is 0 Å². The van der Waals surface area contributed by atoms with Crippen LogP contribution in [-0.2, 0) is 0 Å². The minimum atomic E-state index is 0. The Balaban J connectivity index is 0.000000605. The van der Waals surface area contributed by atoms with Crippen LogP contribution in [0.3, 0.4) is 0 Å². The van der Waals surface area contributed by atoms with Crippen molar-refractivity contribution in [1.82, 2.24) is 15.2 Å². The van der Waals surface area contributed by atoms with Crippen LogP contribution >= 0.6 is 12.4 Å². The molecule has 11 heavy (non-hydrogen) atoms. The number of nitrogens with zero attached hydrogens (tertiary/aromatic N) is 2. The molecule has 0 amide bonds. The summed E-state index contributed by atoms with van der Waals surface area (Å²) in [5.74, 6) is 2.61. The number of rotatable bonds is 1. The molecule has 0 aliphatic heterocycles. The molecule has 3 nitrogen and oxygen atoms in total. The molecule has 0 radical (unpaired) electrons. The van der Waals surface area contributed by atoms with E-state index in [-0.39, 0.29) is 12.4 Å². The predicted octanol–water partition coefficient (Wildman–Crippen LogP) is 1.80. The fourth-order valence-corrected chi connectivity index (χ4v) is 1.21. The molecular formula is C7H12ClN3. The highest BCUT2D eigenvalue weighted by molar-refractivity contribution is 5.85. The maximum Gasteiger partial charge on any atom is 0.153 e. The quantitative estimate of drug-likeness (QED) is 0.704. The van der Waals surface area contributed by atoms with Gasteiger partial charge in [-0.25, -0.2) is 4.98 Å². The van der Waals surface area contributed by atoms with Crippen molar-refractivity contribution in [1.29, 1.82) is 0 Å². The van der Waals surface area contributed by atoms with Gasteiger partial charge in [0, 0.05) is 5.92 Å². The van der Waals surface area contributed by atoms with E-state index in [0.717, 1.165) is 11.6 Å². The lowest BCUT2D eigenvalue weighted by molar-refractivity contribution is 0.402. The van der Waals surface area contributed by atoms with Gasteiger partial charge in [0.25, 0.3) is 0 Å². The fraction of sp³-hybridized carbons (Fsp3) is 0.714. The number of hydrogen-bond acceptors (Lipinski definition) is 2. The molecule has 1 aromatic heterocycles. The molecule has 62 valence electrons. The summed E-state index contributed by atoms with van der Waals surface area (Å²) in [5.41, 5.74) is 0. The van der Waals surface area contributed by atoms with E-state index in [2.05, 4.69) is 15.2 Å². The fourth-order valence-electron chi connectivity index (χ4n) is 1.21. The van der Waals surface area contributed by atoms with E-state index >= 15 is 0 Å². The lowest BCUT2D eigenvalue weighted by Crippen LogP contribution is -2.10. The van der Waals surface area contributed by atoms with E-state index in [0.29, 0.717) is 5.92 Å². The Morgan fingerprint density at radius 2 is 2.18 bits per heavy atom. The molecule has 1 aliphatic rings. The first-order valence-electron chi connectivity index (χ1n) is 3.75. The van der Waals surface area contributed by atoms with Crippen molar-refractivity contribution in [2.24, 2.45) is 0 Å². The van der Waals surface area contributed by atoms with Crippen molar-refractivity contribution in [3.05, 3.63) is 11.6 Å². The standard InChI is InChI=1S/C7H11N3.ClH/c1-5-8-7(10-9-5)6-3-2-4-6;/h6H,2-4H2,1H3,(H,8,9,10);1H. The van der Waals surface area contributed by atoms with Gasteiger partial charge in [-0.3, -0.25) is 5.10 Å². The van der Waals surface area contributed by atoms with Crippen molar-refractivity contribution in [2.75, 3.05) is 0 Å². The zero-order chi connectivity index (χ0) is 6.97. The highest BCUT2D eigenvalue weighted by Gasteiger charge is 2.22. The van der Waals surface area contributed by atoms with Crippen LogP contribution < -0.4 is 0 Å². The number of nitrogens with one attached hydrogen (secondary N) is 1. The molecule has 0 unspecified atom stereocenters. The third-order valence-electron chi connectivity index (χ3n) is 2.08. The van der Waals surface area contributed by atoms with Gasteiger partial charge >= 0.3 is 0 Å². The van der Waals surface area contributed by atoms with Crippen LogP contribution in [-0.4, -0.2) is 15.2 Å². The molecule has 1 aliphatic carbocycles. The van der Waals surface area contributed by atoms with Crippen LogP contribution in [0.5, 0.6) is 0 Å². The molecule has 0 bridgehead atoms. The third-order valence-corrected chi connectivity index (χ3v) is 2.08. The van der Waals surface area contributed by atoms with Crippen LogP contribution in [0.25, 0.3) is 0 Å². The average Bonchev–Trinajstić information content (AvgIpc) is 2.10.